The van der Waals surface area contributed by atoms with Gasteiger partial charge in [-0.2, -0.15) is 0 Å². The van der Waals surface area contributed by atoms with Crippen molar-refractivity contribution in [1.29, 1.82) is 0 Å². The van der Waals surface area contributed by atoms with Gasteiger partial charge in [-0.25, -0.2) is 13.2 Å². The minimum Gasteiger partial charge on any atom is -0.206 e. The minimum atomic E-state index is -2.91. The van der Waals surface area contributed by atoms with Crippen molar-refractivity contribution < 1.29 is 13.2 Å². The molecule has 100 valence electrons. The molecule has 0 fully saturated rings. The Kier molecular flexibility index (Phi) is 4.29. The van der Waals surface area contributed by atoms with E-state index in [-0.39, 0.29) is 26.2 Å². The van der Waals surface area contributed by atoms with E-state index < -0.39 is 17.8 Å². The van der Waals surface area contributed by atoms with Crippen LogP contribution in [0.15, 0.2) is 30.3 Å². The fourth-order valence-corrected chi connectivity index (χ4v) is 2.38. The first kappa shape index (κ1) is 14.5. The molecule has 0 aromatic heterocycles. The molecule has 0 N–H and O–H groups in total. The number of hydrogen-bond acceptors (Lipinski definition) is 0. The molecule has 0 nitrogen and oxygen atoms in total. The van der Waals surface area contributed by atoms with E-state index in [9.17, 15) is 13.2 Å². The van der Waals surface area contributed by atoms with E-state index in [0.29, 0.717) is 0 Å². The van der Waals surface area contributed by atoms with Gasteiger partial charge in [0.15, 0.2) is 0 Å². The Morgan fingerprint density at radius 3 is 2.26 bits per heavy atom. The molecule has 0 unspecified atom stereocenters. The first-order valence-corrected chi connectivity index (χ1v) is 6.26. The van der Waals surface area contributed by atoms with E-state index in [1.54, 1.807) is 0 Å². The summed E-state index contributed by atoms with van der Waals surface area (Å²) < 4.78 is 39.3. The van der Waals surface area contributed by atoms with E-state index in [1.807, 2.05) is 0 Å². The zero-order valence-corrected chi connectivity index (χ0v) is 11.5. The Morgan fingerprint density at radius 1 is 0.947 bits per heavy atom. The van der Waals surface area contributed by atoms with Crippen LogP contribution in [0, 0.1) is 5.82 Å². The number of hydrogen-bond donors (Lipinski definition) is 0. The van der Waals surface area contributed by atoms with E-state index in [0.717, 1.165) is 6.07 Å². The van der Waals surface area contributed by atoms with Crippen LogP contribution in [0.25, 0.3) is 11.1 Å². The van der Waals surface area contributed by atoms with Crippen LogP contribution in [-0.4, -0.2) is 0 Å². The molecule has 0 aliphatic carbocycles. The van der Waals surface area contributed by atoms with Gasteiger partial charge in [0.2, 0.25) is 0 Å². The zero-order valence-electron chi connectivity index (χ0n) is 9.23. The summed E-state index contributed by atoms with van der Waals surface area (Å²) in [5.74, 6) is -1.03. The fourth-order valence-electron chi connectivity index (χ4n) is 1.68. The average molecular weight is 326 g/mol. The SMILES string of the molecule is Fc1c(-c2cc(Cl)cc(Cl)c2Cl)cccc1C(F)F. The van der Waals surface area contributed by atoms with Crippen molar-refractivity contribution >= 4 is 34.8 Å². The van der Waals surface area contributed by atoms with Crippen molar-refractivity contribution in [1.82, 2.24) is 0 Å². The van der Waals surface area contributed by atoms with E-state index in [1.165, 1.54) is 24.3 Å². The van der Waals surface area contributed by atoms with Gasteiger partial charge in [0.25, 0.3) is 6.43 Å². The van der Waals surface area contributed by atoms with Crippen LogP contribution in [0.1, 0.15) is 12.0 Å². The highest BCUT2D eigenvalue weighted by molar-refractivity contribution is 6.45. The summed E-state index contributed by atoms with van der Waals surface area (Å²) in [4.78, 5) is 0. The van der Waals surface area contributed by atoms with Gasteiger partial charge in [0.1, 0.15) is 5.82 Å². The van der Waals surface area contributed by atoms with Crippen LogP contribution in [0.4, 0.5) is 13.2 Å². The summed E-state index contributed by atoms with van der Waals surface area (Å²) in [5, 5.41) is 0.439. The Labute approximate surface area is 122 Å². The zero-order chi connectivity index (χ0) is 14.2. The Balaban J connectivity index is 2.69. The van der Waals surface area contributed by atoms with Crippen LogP contribution in [0.2, 0.25) is 15.1 Å². The number of alkyl halides is 2. The largest absolute Gasteiger partial charge is 0.266 e. The third-order valence-electron chi connectivity index (χ3n) is 2.55. The summed E-state index contributed by atoms with van der Waals surface area (Å²) in [5.41, 5.74) is -0.573. The summed E-state index contributed by atoms with van der Waals surface area (Å²) in [6.45, 7) is 0. The van der Waals surface area contributed by atoms with Crippen LogP contribution in [0.3, 0.4) is 0 Å². The lowest BCUT2D eigenvalue weighted by Gasteiger charge is -2.11. The van der Waals surface area contributed by atoms with Crippen LogP contribution >= 0.6 is 34.8 Å². The van der Waals surface area contributed by atoms with Crippen molar-refractivity contribution in [3.05, 3.63) is 56.8 Å². The molecule has 6 heteroatoms. The summed E-state index contributed by atoms with van der Waals surface area (Å²) in [6.07, 6.45) is -2.91. The molecule has 0 radical (unpaired) electrons. The topological polar surface area (TPSA) is 0 Å². The highest BCUT2D eigenvalue weighted by atomic mass is 35.5. The molecule has 0 spiro atoms. The van der Waals surface area contributed by atoms with Crippen LogP contribution in [0.5, 0.6) is 0 Å². The first-order chi connectivity index (χ1) is 8.91. The highest BCUT2D eigenvalue weighted by Crippen LogP contribution is 2.39. The Morgan fingerprint density at radius 2 is 1.63 bits per heavy atom. The second-order valence-corrected chi connectivity index (χ2v) is 4.98. The lowest BCUT2D eigenvalue weighted by molar-refractivity contribution is 0.146. The second-order valence-electron chi connectivity index (χ2n) is 3.76. The number of halogens is 6. The normalized spacial score (nSPS) is 11.1. The van der Waals surface area contributed by atoms with E-state index in [2.05, 4.69) is 0 Å². The van der Waals surface area contributed by atoms with Crippen molar-refractivity contribution in [3.63, 3.8) is 0 Å². The van der Waals surface area contributed by atoms with Crippen molar-refractivity contribution in [3.8, 4) is 11.1 Å². The summed E-state index contributed by atoms with van der Waals surface area (Å²) in [7, 11) is 0. The molecule has 2 aromatic rings. The molecule has 0 saturated heterocycles. The lowest BCUT2D eigenvalue weighted by Crippen LogP contribution is -1.94. The summed E-state index contributed by atoms with van der Waals surface area (Å²) in [6, 6.07) is 6.46. The first-order valence-electron chi connectivity index (χ1n) is 5.13. The maximum absolute atomic E-state index is 14.0. The molecule has 0 bridgehead atoms. The van der Waals surface area contributed by atoms with Gasteiger partial charge < -0.3 is 0 Å². The van der Waals surface area contributed by atoms with Crippen molar-refractivity contribution in [2.45, 2.75) is 6.43 Å². The predicted molar refractivity (Wildman–Crippen MR) is 71.8 cm³/mol. The predicted octanol–water partition coefficient (Wildman–Crippen LogP) is 6.39. The molecule has 0 saturated carbocycles. The maximum Gasteiger partial charge on any atom is 0.266 e. The van der Waals surface area contributed by atoms with Gasteiger partial charge in [-0.05, 0) is 12.1 Å². The molecule has 19 heavy (non-hydrogen) atoms. The van der Waals surface area contributed by atoms with Gasteiger partial charge in [-0.3, -0.25) is 0 Å². The van der Waals surface area contributed by atoms with Gasteiger partial charge in [0.05, 0.1) is 15.6 Å². The molecule has 0 atom stereocenters. The Bertz CT molecular complexity index is 627. The number of rotatable bonds is 2. The molecule has 2 rings (SSSR count). The Hall–Kier alpha value is -0.900. The van der Waals surface area contributed by atoms with Gasteiger partial charge in [0, 0.05) is 16.1 Å². The molecular weight excluding hydrogens is 319 g/mol. The maximum atomic E-state index is 14.0. The highest BCUT2D eigenvalue weighted by Gasteiger charge is 2.19. The third kappa shape index (κ3) is 2.83. The number of benzene rings is 2. The quantitative estimate of drug-likeness (QED) is 0.561. The summed E-state index contributed by atoms with van der Waals surface area (Å²) >= 11 is 17.6. The molecule has 0 aliphatic heterocycles. The smallest absolute Gasteiger partial charge is 0.206 e. The standard InChI is InChI=1S/C13H6Cl3F3/c14-6-4-9(11(16)10(15)5-6)7-2-1-3-8(12(7)17)13(18)19/h1-5,13H. The molecular formula is C13H6Cl3F3. The van der Waals surface area contributed by atoms with Crippen molar-refractivity contribution in [2.24, 2.45) is 0 Å². The monoisotopic (exact) mass is 324 g/mol. The van der Waals surface area contributed by atoms with Crippen LogP contribution in [-0.2, 0) is 0 Å². The second kappa shape index (κ2) is 5.61. The molecule has 0 amide bonds. The van der Waals surface area contributed by atoms with Crippen LogP contribution < -0.4 is 0 Å². The molecule has 0 aliphatic rings. The average Bonchev–Trinajstić information content (AvgIpc) is 2.34. The van der Waals surface area contributed by atoms with E-state index in [4.69, 9.17) is 34.8 Å². The van der Waals surface area contributed by atoms with E-state index >= 15 is 0 Å². The van der Waals surface area contributed by atoms with Gasteiger partial charge >= 0.3 is 0 Å². The molecule has 0 heterocycles. The molecule has 2 aromatic carbocycles. The minimum absolute atomic E-state index is 0.0628. The van der Waals surface area contributed by atoms with Gasteiger partial charge in [-0.1, -0.05) is 53.0 Å². The fraction of sp³-hybridized carbons (Fsp3) is 0.0769. The van der Waals surface area contributed by atoms with Crippen molar-refractivity contribution in [2.75, 3.05) is 0 Å². The lowest BCUT2D eigenvalue weighted by atomic mass is 10.0. The third-order valence-corrected chi connectivity index (χ3v) is 3.57. The van der Waals surface area contributed by atoms with Gasteiger partial charge in [-0.15, -0.1) is 0 Å².